The highest BCUT2D eigenvalue weighted by atomic mass is 35.7. The summed E-state index contributed by atoms with van der Waals surface area (Å²) in [4.78, 5) is 0. The van der Waals surface area contributed by atoms with Crippen LogP contribution in [0.4, 0.5) is 0 Å². The molecule has 0 atom stereocenters. The molecule has 0 fully saturated rings. The van der Waals surface area contributed by atoms with Gasteiger partial charge in [-0.3, -0.25) is 0 Å². The fourth-order valence-corrected chi connectivity index (χ4v) is 2.36. The van der Waals surface area contributed by atoms with Crippen LogP contribution in [-0.4, -0.2) is 6.69 Å². The van der Waals surface area contributed by atoms with E-state index in [0.29, 0.717) is 0 Å². The molecule has 0 spiro atoms. The minimum absolute atomic E-state index is 1.05. The highest BCUT2D eigenvalue weighted by Gasteiger charge is 2.18. The average Bonchev–Trinajstić information content (AvgIpc) is 1.63. The van der Waals surface area contributed by atoms with E-state index in [9.17, 15) is 0 Å². The first-order valence-corrected chi connectivity index (χ1v) is 8.17. The normalized spacial score (nSPS) is 12.0. The number of hydrogen-bond acceptors (Lipinski definition) is 0. The summed E-state index contributed by atoms with van der Waals surface area (Å²) in [7, 11) is 0. The second-order valence-corrected chi connectivity index (χ2v) is 10.8. The van der Waals surface area contributed by atoms with Crippen LogP contribution in [0.15, 0.2) is 0 Å². The molecule has 0 bridgehead atoms. The van der Waals surface area contributed by atoms with E-state index in [1.807, 2.05) is 6.55 Å². The molecular formula is C6H14Cl2Si. The van der Waals surface area contributed by atoms with Crippen molar-refractivity contribution in [1.29, 1.82) is 0 Å². The van der Waals surface area contributed by atoms with Gasteiger partial charge >= 0.3 is 0 Å². The number of rotatable bonds is 4. The molecule has 0 aromatic rings. The molecule has 0 aromatic carbocycles. The maximum atomic E-state index is 5.87. The zero-order valence-corrected chi connectivity index (χ0v) is 8.60. The van der Waals surface area contributed by atoms with Crippen molar-refractivity contribution < 1.29 is 0 Å². The maximum absolute atomic E-state index is 5.87. The van der Waals surface area contributed by atoms with E-state index in [1.54, 1.807) is 0 Å². The zero-order valence-electron chi connectivity index (χ0n) is 6.08. The van der Waals surface area contributed by atoms with E-state index in [-0.39, 0.29) is 0 Å². The second-order valence-electron chi connectivity index (χ2n) is 2.53. The van der Waals surface area contributed by atoms with Crippen molar-refractivity contribution in [3.63, 3.8) is 0 Å². The van der Waals surface area contributed by atoms with E-state index in [2.05, 4.69) is 6.92 Å². The largest absolute Gasteiger partial charge is 0.248 e. The summed E-state index contributed by atoms with van der Waals surface area (Å²) in [5.74, 6) is 0. The molecule has 9 heavy (non-hydrogen) atoms. The highest BCUT2D eigenvalue weighted by Crippen LogP contribution is 2.22. The van der Waals surface area contributed by atoms with Crippen LogP contribution in [0, 0.1) is 0 Å². The molecule has 0 rings (SSSR count). The van der Waals surface area contributed by atoms with Crippen LogP contribution in [0.25, 0.3) is 0 Å². The third kappa shape index (κ3) is 8.80. The van der Waals surface area contributed by atoms with Crippen molar-refractivity contribution in [3.05, 3.63) is 0 Å². The SMILES string of the molecule is CCCCC[Si](C)(Cl)Cl. The number of hydrogen-bond donors (Lipinski definition) is 0. The fourth-order valence-electron chi connectivity index (χ4n) is 0.685. The molecule has 0 radical (unpaired) electrons. The maximum Gasteiger partial charge on any atom is 0.248 e. The van der Waals surface area contributed by atoms with Gasteiger partial charge in [0.1, 0.15) is 0 Å². The van der Waals surface area contributed by atoms with Crippen LogP contribution in [-0.2, 0) is 0 Å². The Kier molecular flexibility index (Phi) is 4.99. The third-order valence-electron chi connectivity index (χ3n) is 1.22. The lowest BCUT2D eigenvalue weighted by atomic mass is 10.3. The average molecular weight is 185 g/mol. The van der Waals surface area contributed by atoms with Gasteiger partial charge in [-0.1, -0.05) is 26.2 Å². The van der Waals surface area contributed by atoms with Gasteiger partial charge in [-0.05, 0) is 12.6 Å². The predicted octanol–water partition coefficient (Wildman–Crippen LogP) is 3.73. The summed E-state index contributed by atoms with van der Waals surface area (Å²) in [5, 5.41) is 0. The van der Waals surface area contributed by atoms with E-state index in [0.717, 1.165) is 6.04 Å². The number of unbranched alkanes of at least 4 members (excludes halogenated alkanes) is 2. The molecule has 0 aliphatic carbocycles. The Morgan fingerprint density at radius 2 is 1.78 bits per heavy atom. The Hall–Kier alpha value is 0.797. The Labute approximate surface area is 68.0 Å². The Morgan fingerprint density at radius 1 is 1.22 bits per heavy atom. The standard InChI is InChI=1S/C6H14Cl2Si/c1-3-4-5-6-9(2,7)8/h3-6H2,1-2H3. The fraction of sp³-hybridized carbons (Fsp3) is 1.00. The van der Waals surface area contributed by atoms with Crippen molar-refractivity contribution >= 4 is 28.9 Å². The molecular weight excluding hydrogens is 171 g/mol. The molecule has 0 nitrogen and oxygen atoms in total. The molecule has 0 aliphatic rings. The van der Waals surface area contributed by atoms with Crippen molar-refractivity contribution in [3.8, 4) is 0 Å². The minimum atomic E-state index is -1.75. The molecule has 0 amide bonds. The van der Waals surface area contributed by atoms with Crippen molar-refractivity contribution in [2.45, 2.75) is 38.8 Å². The topological polar surface area (TPSA) is 0 Å². The smallest absolute Gasteiger partial charge is 0.146 e. The molecule has 0 aromatic heterocycles. The van der Waals surface area contributed by atoms with Crippen LogP contribution in [0.1, 0.15) is 26.2 Å². The summed E-state index contributed by atoms with van der Waals surface area (Å²) in [6.07, 6.45) is 3.71. The molecule has 0 N–H and O–H groups in total. The molecule has 0 heterocycles. The van der Waals surface area contributed by atoms with E-state index >= 15 is 0 Å². The Bertz CT molecular complexity index is 67.9. The third-order valence-corrected chi connectivity index (χ3v) is 3.58. The summed E-state index contributed by atoms with van der Waals surface area (Å²) in [6, 6.07) is 1.05. The zero-order chi connectivity index (χ0) is 7.33. The second kappa shape index (κ2) is 4.59. The van der Waals surface area contributed by atoms with Crippen LogP contribution >= 0.6 is 22.2 Å². The van der Waals surface area contributed by atoms with Crippen LogP contribution < -0.4 is 0 Å². The quantitative estimate of drug-likeness (QED) is 0.355. The molecule has 0 saturated heterocycles. The van der Waals surface area contributed by atoms with Crippen molar-refractivity contribution in [2.75, 3.05) is 0 Å². The van der Waals surface area contributed by atoms with Crippen molar-refractivity contribution in [2.24, 2.45) is 0 Å². The van der Waals surface area contributed by atoms with Crippen LogP contribution in [0.2, 0.25) is 12.6 Å². The van der Waals surface area contributed by atoms with Gasteiger partial charge in [0.15, 0.2) is 0 Å². The van der Waals surface area contributed by atoms with Crippen molar-refractivity contribution in [1.82, 2.24) is 0 Å². The summed E-state index contributed by atoms with van der Waals surface area (Å²) >= 11 is 11.7. The molecule has 0 saturated carbocycles. The lowest BCUT2D eigenvalue weighted by Crippen LogP contribution is -2.11. The minimum Gasteiger partial charge on any atom is -0.146 e. The van der Waals surface area contributed by atoms with E-state index in [1.165, 1.54) is 19.3 Å². The summed E-state index contributed by atoms with van der Waals surface area (Å²) in [5.41, 5.74) is 0. The Morgan fingerprint density at radius 3 is 2.11 bits per heavy atom. The van der Waals surface area contributed by atoms with Crippen LogP contribution in [0.3, 0.4) is 0 Å². The first-order valence-electron chi connectivity index (χ1n) is 3.44. The van der Waals surface area contributed by atoms with Gasteiger partial charge < -0.3 is 0 Å². The van der Waals surface area contributed by atoms with Gasteiger partial charge in [-0.25, -0.2) is 0 Å². The molecule has 3 heteroatoms. The lowest BCUT2D eigenvalue weighted by Gasteiger charge is -2.07. The van der Waals surface area contributed by atoms with Gasteiger partial charge in [-0.15, -0.1) is 22.2 Å². The van der Waals surface area contributed by atoms with Gasteiger partial charge in [-0.2, -0.15) is 0 Å². The van der Waals surface area contributed by atoms with Gasteiger partial charge in [0, 0.05) is 0 Å². The molecule has 56 valence electrons. The number of halogens is 2. The first-order chi connectivity index (χ1) is 4.06. The van der Waals surface area contributed by atoms with Gasteiger partial charge in [0.05, 0.1) is 0 Å². The lowest BCUT2D eigenvalue weighted by molar-refractivity contribution is 0.767. The summed E-state index contributed by atoms with van der Waals surface area (Å²) in [6.45, 7) is 2.41. The highest BCUT2D eigenvalue weighted by molar-refractivity contribution is 7.44. The molecule has 0 unspecified atom stereocenters. The monoisotopic (exact) mass is 184 g/mol. The van der Waals surface area contributed by atoms with Crippen LogP contribution in [0.5, 0.6) is 0 Å². The first kappa shape index (κ1) is 9.80. The predicted molar refractivity (Wildman–Crippen MR) is 47.7 cm³/mol. The van der Waals surface area contributed by atoms with E-state index in [4.69, 9.17) is 22.2 Å². The summed E-state index contributed by atoms with van der Waals surface area (Å²) < 4.78 is 0. The van der Waals surface area contributed by atoms with Gasteiger partial charge in [0.2, 0.25) is 6.69 Å². The van der Waals surface area contributed by atoms with Gasteiger partial charge in [0.25, 0.3) is 0 Å². The molecule has 0 aliphatic heterocycles. The Balaban J connectivity index is 3.07. The van der Waals surface area contributed by atoms with E-state index < -0.39 is 6.69 Å².